The fourth-order valence-corrected chi connectivity index (χ4v) is 1.09. The van der Waals surface area contributed by atoms with E-state index in [0.717, 1.165) is 0 Å². The molecule has 0 bridgehead atoms. The summed E-state index contributed by atoms with van der Waals surface area (Å²) in [5, 5.41) is 0. The van der Waals surface area contributed by atoms with Crippen molar-refractivity contribution in [1.82, 2.24) is 4.98 Å². The van der Waals surface area contributed by atoms with Gasteiger partial charge in [0, 0.05) is 30.1 Å². The molecule has 3 nitrogen and oxygen atoms in total. The Kier molecular flexibility index (Phi) is 4.28. The number of halogens is 4. The van der Waals surface area contributed by atoms with Crippen LogP contribution in [0.15, 0.2) is 12.3 Å². The summed E-state index contributed by atoms with van der Waals surface area (Å²) >= 11 is 0. The van der Waals surface area contributed by atoms with Gasteiger partial charge < -0.3 is 10.5 Å². The summed E-state index contributed by atoms with van der Waals surface area (Å²) in [6.07, 6.45) is -2.39. The summed E-state index contributed by atoms with van der Waals surface area (Å²) in [5.74, 6) is -4.12. The average molecular weight is 252 g/mol. The van der Waals surface area contributed by atoms with E-state index in [1.54, 1.807) is 6.92 Å². The Labute approximate surface area is 95.6 Å². The van der Waals surface area contributed by atoms with Gasteiger partial charge in [0.05, 0.1) is 0 Å². The van der Waals surface area contributed by atoms with Crippen LogP contribution < -0.4 is 10.5 Å². The first-order valence-corrected chi connectivity index (χ1v) is 4.81. The summed E-state index contributed by atoms with van der Waals surface area (Å²) in [6.45, 7) is 0.266. The maximum absolute atomic E-state index is 12.6. The fraction of sp³-hybridized carbons (Fsp3) is 0.500. The highest BCUT2D eigenvalue weighted by atomic mass is 19.3. The lowest BCUT2D eigenvalue weighted by Gasteiger charge is -2.17. The van der Waals surface area contributed by atoms with Crippen LogP contribution in [0.5, 0.6) is 5.75 Å². The minimum atomic E-state index is -4.18. The van der Waals surface area contributed by atoms with E-state index in [9.17, 15) is 17.6 Å². The molecule has 1 heterocycles. The van der Waals surface area contributed by atoms with Crippen molar-refractivity contribution in [2.24, 2.45) is 5.73 Å². The summed E-state index contributed by atoms with van der Waals surface area (Å²) in [6, 6.07) is 1.38. The molecule has 1 aromatic heterocycles. The van der Waals surface area contributed by atoms with E-state index in [0.29, 0.717) is 11.3 Å². The Bertz CT molecular complexity index is 385. The van der Waals surface area contributed by atoms with Crippen molar-refractivity contribution in [3.8, 4) is 5.75 Å². The molecule has 0 radical (unpaired) electrons. The molecule has 96 valence electrons. The average Bonchev–Trinajstić information content (AvgIpc) is 2.26. The first-order valence-electron chi connectivity index (χ1n) is 4.81. The first kappa shape index (κ1) is 13.7. The number of nitrogens with two attached hydrogens (primary N) is 1. The molecule has 0 saturated heterocycles. The van der Waals surface area contributed by atoms with Crippen molar-refractivity contribution >= 4 is 0 Å². The van der Waals surface area contributed by atoms with E-state index in [-0.39, 0.29) is 12.3 Å². The van der Waals surface area contributed by atoms with Gasteiger partial charge in [0.25, 0.3) is 0 Å². The van der Waals surface area contributed by atoms with Crippen LogP contribution in [0.3, 0.4) is 0 Å². The standard InChI is InChI=1S/C10H12F4N2O/c1-6-2-8(7(3-15)4-16-6)17-5-10(13,14)9(11)12/h2,4,9H,3,5,15H2,1H3. The summed E-state index contributed by atoms with van der Waals surface area (Å²) in [4.78, 5) is 3.89. The highest BCUT2D eigenvalue weighted by molar-refractivity contribution is 5.32. The molecule has 1 rings (SSSR count). The Balaban J connectivity index is 2.78. The fourth-order valence-electron chi connectivity index (χ4n) is 1.09. The van der Waals surface area contributed by atoms with Crippen LogP contribution >= 0.6 is 0 Å². The highest BCUT2D eigenvalue weighted by Gasteiger charge is 2.41. The van der Waals surface area contributed by atoms with Crippen molar-refractivity contribution in [3.05, 3.63) is 23.5 Å². The van der Waals surface area contributed by atoms with Gasteiger partial charge in [0.15, 0.2) is 6.61 Å². The van der Waals surface area contributed by atoms with Gasteiger partial charge in [-0.15, -0.1) is 0 Å². The summed E-state index contributed by atoms with van der Waals surface area (Å²) in [7, 11) is 0. The highest BCUT2D eigenvalue weighted by Crippen LogP contribution is 2.25. The largest absolute Gasteiger partial charge is 0.487 e. The van der Waals surface area contributed by atoms with Crippen LogP contribution in [0, 0.1) is 6.92 Å². The van der Waals surface area contributed by atoms with Crippen molar-refractivity contribution in [2.75, 3.05) is 6.61 Å². The smallest absolute Gasteiger partial charge is 0.340 e. The van der Waals surface area contributed by atoms with Crippen LogP contribution in [-0.4, -0.2) is 23.9 Å². The molecule has 0 aliphatic rings. The van der Waals surface area contributed by atoms with Gasteiger partial charge in [-0.1, -0.05) is 0 Å². The van der Waals surface area contributed by atoms with Crippen molar-refractivity contribution in [3.63, 3.8) is 0 Å². The molecule has 0 fully saturated rings. The third kappa shape index (κ3) is 3.55. The van der Waals surface area contributed by atoms with Crippen LogP contribution in [0.25, 0.3) is 0 Å². The molecule has 0 aliphatic heterocycles. The van der Waals surface area contributed by atoms with E-state index in [2.05, 4.69) is 9.72 Å². The number of alkyl halides is 4. The van der Waals surface area contributed by atoms with Crippen LogP contribution in [0.1, 0.15) is 11.3 Å². The zero-order valence-corrected chi connectivity index (χ0v) is 9.09. The Hall–Kier alpha value is -1.37. The Morgan fingerprint density at radius 2 is 2.12 bits per heavy atom. The lowest BCUT2D eigenvalue weighted by atomic mass is 10.2. The van der Waals surface area contributed by atoms with Gasteiger partial charge in [-0.2, -0.15) is 8.78 Å². The molecule has 7 heteroatoms. The third-order valence-electron chi connectivity index (χ3n) is 2.04. The molecule has 0 atom stereocenters. The molecule has 0 aliphatic carbocycles. The Morgan fingerprint density at radius 3 is 2.65 bits per heavy atom. The van der Waals surface area contributed by atoms with Gasteiger partial charge in [-0.05, 0) is 6.92 Å². The maximum Gasteiger partial charge on any atom is 0.340 e. The predicted octanol–water partition coefficient (Wildman–Crippen LogP) is 2.13. The zero-order valence-electron chi connectivity index (χ0n) is 9.09. The summed E-state index contributed by atoms with van der Waals surface area (Å²) in [5.41, 5.74) is 6.26. The topological polar surface area (TPSA) is 48.1 Å². The van der Waals surface area contributed by atoms with Gasteiger partial charge in [0.2, 0.25) is 0 Å². The Morgan fingerprint density at radius 1 is 1.47 bits per heavy atom. The third-order valence-corrected chi connectivity index (χ3v) is 2.04. The normalized spacial score (nSPS) is 11.9. The minimum absolute atomic E-state index is 0.0306. The zero-order chi connectivity index (χ0) is 13.1. The molecular weight excluding hydrogens is 240 g/mol. The van der Waals surface area contributed by atoms with Crippen molar-refractivity contribution in [1.29, 1.82) is 0 Å². The van der Waals surface area contributed by atoms with E-state index >= 15 is 0 Å². The number of pyridine rings is 1. The number of hydrogen-bond donors (Lipinski definition) is 1. The van der Waals surface area contributed by atoms with Crippen LogP contribution in [-0.2, 0) is 6.54 Å². The predicted molar refractivity (Wildman–Crippen MR) is 53.3 cm³/mol. The van der Waals surface area contributed by atoms with Crippen LogP contribution in [0.4, 0.5) is 17.6 Å². The molecule has 0 spiro atoms. The van der Waals surface area contributed by atoms with E-state index in [4.69, 9.17) is 5.73 Å². The lowest BCUT2D eigenvalue weighted by molar-refractivity contribution is -0.148. The number of aryl methyl sites for hydroxylation is 1. The van der Waals surface area contributed by atoms with Gasteiger partial charge in [-0.25, -0.2) is 8.78 Å². The molecule has 0 unspecified atom stereocenters. The molecular formula is C10H12F4N2O. The van der Waals surface area contributed by atoms with Crippen LogP contribution in [0.2, 0.25) is 0 Å². The number of hydrogen-bond acceptors (Lipinski definition) is 3. The van der Waals surface area contributed by atoms with Gasteiger partial charge in [-0.3, -0.25) is 4.98 Å². The maximum atomic E-state index is 12.6. The number of ether oxygens (including phenoxy) is 1. The number of aromatic nitrogens is 1. The lowest BCUT2D eigenvalue weighted by Crippen LogP contribution is -2.34. The number of nitrogens with zero attached hydrogens (tertiary/aromatic N) is 1. The molecule has 0 aromatic carbocycles. The van der Waals surface area contributed by atoms with E-state index in [1.807, 2.05) is 0 Å². The quantitative estimate of drug-likeness (QED) is 0.816. The minimum Gasteiger partial charge on any atom is -0.487 e. The van der Waals surface area contributed by atoms with E-state index in [1.165, 1.54) is 12.3 Å². The van der Waals surface area contributed by atoms with Gasteiger partial charge >= 0.3 is 12.3 Å². The molecule has 17 heavy (non-hydrogen) atoms. The second-order valence-electron chi connectivity index (χ2n) is 3.49. The van der Waals surface area contributed by atoms with E-state index < -0.39 is 19.0 Å². The van der Waals surface area contributed by atoms with Crippen molar-refractivity contribution in [2.45, 2.75) is 25.8 Å². The monoisotopic (exact) mass is 252 g/mol. The first-order chi connectivity index (χ1) is 7.86. The summed E-state index contributed by atoms with van der Waals surface area (Å²) < 4.78 is 53.8. The molecule has 1 aromatic rings. The van der Waals surface area contributed by atoms with Crippen molar-refractivity contribution < 1.29 is 22.3 Å². The molecule has 2 N–H and O–H groups in total. The van der Waals surface area contributed by atoms with Gasteiger partial charge in [0.1, 0.15) is 5.75 Å². The molecule has 0 saturated carbocycles. The SMILES string of the molecule is Cc1cc(OCC(F)(F)C(F)F)c(CN)cn1. The molecule has 0 amide bonds. The number of rotatable bonds is 5. The second kappa shape index (κ2) is 5.31. The second-order valence-corrected chi connectivity index (χ2v) is 3.49.